The number of hydrogen-bond acceptors (Lipinski definition) is 4. The van der Waals surface area contributed by atoms with Gasteiger partial charge in [-0.2, -0.15) is 16.8 Å². The molecule has 0 aromatic rings. The molecule has 2 unspecified atom stereocenters. The van der Waals surface area contributed by atoms with E-state index in [4.69, 9.17) is 0 Å². The van der Waals surface area contributed by atoms with Crippen molar-refractivity contribution >= 4 is 20.4 Å². The van der Waals surface area contributed by atoms with Crippen molar-refractivity contribution in [1.82, 2.24) is 0 Å². The molecule has 0 radical (unpaired) electrons. The first-order chi connectivity index (χ1) is 5.67. The highest BCUT2D eigenvalue weighted by Crippen LogP contribution is 2.40. The molecule has 0 bridgehead atoms. The summed E-state index contributed by atoms with van der Waals surface area (Å²) in [4.78, 5) is 0. The highest BCUT2D eigenvalue weighted by Gasteiger charge is 2.43. The summed E-state index contributed by atoms with van der Waals surface area (Å²) in [6.45, 7) is 0. The van der Waals surface area contributed by atoms with Gasteiger partial charge in [0.2, 0.25) is 0 Å². The van der Waals surface area contributed by atoms with Crippen molar-refractivity contribution in [2.24, 2.45) is 11.8 Å². The summed E-state index contributed by atoms with van der Waals surface area (Å²) in [5.41, 5.74) is 0. The molecule has 0 heterocycles. The van der Waals surface area contributed by atoms with E-state index in [1.807, 2.05) is 0 Å². The zero-order chi connectivity index (χ0) is 10.3. The first-order valence-corrected chi connectivity index (χ1v) is 6.62. The quantitative estimate of drug-likeness (QED) is 0.652. The molecular formula is C5H8F2O4S2. The van der Waals surface area contributed by atoms with Gasteiger partial charge in [-0.1, -0.05) is 0 Å². The fourth-order valence-corrected chi connectivity index (χ4v) is 3.07. The van der Waals surface area contributed by atoms with Crippen LogP contribution in [0.15, 0.2) is 0 Å². The second-order valence-electron chi connectivity index (χ2n) is 3.17. The van der Waals surface area contributed by atoms with Gasteiger partial charge in [0, 0.05) is 0 Å². The third-order valence-corrected chi connectivity index (χ3v) is 3.55. The van der Waals surface area contributed by atoms with Crippen LogP contribution in [0.1, 0.15) is 6.42 Å². The van der Waals surface area contributed by atoms with Crippen LogP contribution in [0, 0.1) is 11.8 Å². The fraction of sp³-hybridized carbons (Fsp3) is 1.00. The lowest BCUT2D eigenvalue weighted by Crippen LogP contribution is -2.06. The molecule has 8 heteroatoms. The van der Waals surface area contributed by atoms with Gasteiger partial charge in [-0.3, -0.25) is 0 Å². The van der Waals surface area contributed by atoms with Crippen molar-refractivity contribution in [3.8, 4) is 0 Å². The van der Waals surface area contributed by atoms with Crippen LogP contribution in [0.5, 0.6) is 0 Å². The number of halogens is 2. The van der Waals surface area contributed by atoms with Crippen molar-refractivity contribution in [3.63, 3.8) is 0 Å². The van der Waals surface area contributed by atoms with Gasteiger partial charge in [-0.25, -0.2) is 0 Å². The molecule has 0 saturated heterocycles. The summed E-state index contributed by atoms with van der Waals surface area (Å²) in [6, 6.07) is 0. The molecule has 1 aliphatic carbocycles. The summed E-state index contributed by atoms with van der Waals surface area (Å²) >= 11 is 0. The zero-order valence-corrected chi connectivity index (χ0v) is 8.11. The van der Waals surface area contributed by atoms with Crippen molar-refractivity contribution in [1.29, 1.82) is 0 Å². The van der Waals surface area contributed by atoms with Crippen LogP contribution in [-0.4, -0.2) is 28.3 Å². The molecule has 0 amide bonds. The molecule has 0 N–H and O–H groups in total. The summed E-state index contributed by atoms with van der Waals surface area (Å²) in [5.74, 6) is -2.48. The molecule has 0 aromatic carbocycles. The van der Waals surface area contributed by atoms with E-state index in [0.29, 0.717) is 0 Å². The third-order valence-electron chi connectivity index (χ3n) is 1.90. The molecule has 78 valence electrons. The van der Waals surface area contributed by atoms with E-state index < -0.39 is 43.8 Å². The van der Waals surface area contributed by atoms with Gasteiger partial charge in [0.1, 0.15) is 0 Å². The minimum Gasteiger partial charge on any atom is -0.195 e. The molecule has 13 heavy (non-hydrogen) atoms. The van der Waals surface area contributed by atoms with Crippen LogP contribution in [0.4, 0.5) is 7.77 Å². The van der Waals surface area contributed by atoms with Crippen molar-refractivity contribution in [2.75, 3.05) is 11.5 Å². The fourth-order valence-electron chi connectivity index (χ4n) is 1.23. The van der Waals surface area contributed by atoms with E-state index in [0.717, 1.165) is 0 Å². The van der Waals surface area contributed by atoms with E-state index in [1.165, 1.54) is 0 Å². The van der Waals surface area contributed by atoms with Crippen LogP contribution < -0.4 is 0 Å². The average Bonchev–Trinajstić information content (AvgIpc) is 2.36. The maximum Gasteiger partial charge on any atom is 0.302 e. The smallest absolute Gasteiger partial charge is 0.195 e. The average molecular weight is 234 g/mol. The summed E-state index contributed by atoms with van der Waals surface area (Å²) in [5, 5.41) is 0. The lowest BCUT2D eigenvalue weighted by atomic mass is 10.4. The third kappa shape index (κ3) is 4.51. The van der Waals surface area contributed by atoms with Crippen LogP contribution in [0.2, 0.25) is 0 Å². The largest absolute Gasteiger partial charge is 0.302 e. The molecule has 4 nitrogen and oxygen atoms in total. The van der Waals surface area contributed by atoms with Crippen LogP contribution >= 0.6 is 0 Å². The van der Waals surface area contributed by atoms with Crippen LogP contribution in [0.25, 0.3) is 0 Å². The molecule has 0 aliphatic heterocycles. The second kappa shape index (κ2) is 3.16. The Morgan fingerprint density at radius 2 is 1.23 bits per heavy atom. The van der Waals surface area contributed by atoms with E-state index in [2.05, 4.69) is 0 Å². The summed E-state index contributed by atoms with van der Waals surface area (Å²) < 4.78 is 64.4. The van der Waals surface area contributed by atoms with Gasteiger partial charge >= 0.3 is 20.4 Å². The van der Waals surface area contributed by atoms with E-state index in [-0.39, 0.29) is 6.42 Å². The van der Waals surface area contributed by atoms with Gasteiger partial charge in [-0.15, -0.1) is 7.77 Å². The van der Waals surface area contributed by atoms with Gasteiger partial charge in [0.05, 0.1) is 11.5 Å². The van der Waals surface area contributed by atoms with Crippen molar-refractivity contribution < 1.29 is 24.6 Å². The molecule has 1 fully saturated rings. The maximum atomic E-state index is 12.0. The Bertz CT molecular complexity index is 347. The van der Waals surface area contributed by atoms with Gasteiger partial charge in [0.25, 0.3) is 0 Å². The molecule has 1 rings (SSSR count). The standard InChI is InChI=1S/C5H8F2O4S2/c6-12(8,9)2-4-1-5(4)3-13(7,10)11/h4-5H,1-3H2. The van der Waals surface area contributed by atoms with Gasteiger partial charge in [0.15, 0.2) is 0 Å². The first-order valence-electron chi connectivity index (χ1n) is 3.52. The molecule has 1 saturated carbocycles. The molecular weight excluding hydrogens is 226 g/mol. The van der Waals surface area contributed by atoms with Gasteiger partial charge < -0.3 is 0 Å². The first kappa shape index (κ1) is 10.8. The minimum atomic E-state index is -4.57. The van der Waals surface area contributed by atoms with E-state index in [1.54, 1.807) is 0 Å². The molecule has 0 aromatic heterocycles. The van der Waals surface area contributed by atoms with Crippen LogP contribution in [0.3, 0.4) is 0 Å². The maximum absolute atomic E-state index is 12.0. The monoisotopic (exact) mass is 234 g/mol. The highest BCUT2D eigenvalue weighted by molar-refractivity contribution is 7.86. The highest BCUT2D eigenvalue weighted by atomic mass is 32.3. The predicted molar refractivity (Wildman–Crippen MR) is 41.4 cm³/mol. The molecule has 0 spiro atoms. The van der Waals surface area contributed by atoms with E-state index >= 15 is 0 Å². The lowest BCUT2D eigenvalue weighted by Gasteiger charge is -1.93. The number of rotatable bonds is 4. The minimum absolute atomic E-state index is 0.256. The Morgan fingerprint density at radius 3 is 1.46 bits per heavy atom. The second-order valence-corrected chi connectivity index (χ2v) is 5.99. The SMILES string of the molecule is O=S(=O)(F)CC1CC1CS(=O)(=O)F. The Morgan fingerprint density at radius 1 is 0.923 bits per heavy atom. The summed E-state index contributed by atoms with van der Waals surface area (Å²) in [7, 11) is -9.13. The zero-order valence-electron chi connectivity index (χ0n) is 6.48. The van der Waals surface area contributed by atoms with E-state index in [9.17, 15) is 24.6 Å². The topological polar surface area (TPSA) is 68.3 Å². The van der Waals surface area contributed by atoms with Crippen molar-refractivity contribution in [2.45, 2.75) is 6.42 Å². The lowest BCUT2D eigenvalue weighted by molar-refractivity contribution is 0.537. The normalized spacial score (nSPS) is 28.8. The predicted octanol–water partition coefficient (Wildman–Crippen LogP) is 0.221. The Labute approximate surface area is 75.4 Å². The Kier molecular flexibility index (Phi) is 2.63. The van der Waals surface area contributed by atoms with Crippen LogP contribution in [-0.2, 0) is 20.4 Å². The van der Waals surface area contributed by atoms with Gasteiger partial charge in [-0.05, 0) is 18.3 Å². The Hall–Kier alpha value is -0.240. The number of hydrogen-bond donors (Lipinski definition) is 0. The summed E-state index contributed by atoms with van der Waals surface area (Å²) in [6.07, 6.45) is 0.256. The molecule has 1 aliphatic rings. The molecule has 2 atom stereocenters. The Balaban J connectivity index is 2.41. The van der Waals surface area contributed by atoms with Crippen molar-refractivity contribution in [3.05, 3.63) is 0 Å².